The van der Waals surface area contributed by atoms with Crippen molar-refractivity contribution in [1.82, 2.24) is 9.78 Å². The highest BCUT2D eigenvalue weighted by atomic mass is 35.5. The van der Waals surface area contributed by atoms with Crippen LogP contribution < -0.4 is 5.32 Å². The second kappa shape index (κ2) is 6.45. The Labute approximate surface area is 133 Å². The average molecular weight is 312 g/mol. The van der Waals surface area contributed by atoms with E-state index in [0.717, 1.165) is 5.56 Å². The van der Waals surface area contributed by atoms with Crippen LogP contribution in [-0.2, 0) is 6.54 Å². The molecule has 0 aliphatic heterocycles. The minimum Gasteiger partial charge on any atom is -0.307 e. The van der Waals surface area contributed by atoms with Crippen LogP contribution in [0.1, 0.15) is 15.9 Å². The molecule has 0 spiro atoms. The molecule has 110 valence electrons. The van der Waals surface area contributed by atoms with Crippen molar-refractivity contribution in [3.8, 4) is 0 Å². The van der Waals surface area contributed by atoms with Crippen LogP contribution in [0.3, 0.4) is 0 Å². The fourth-order valence-electron chi connectivity index (χ4n) is 2.11. The predicted octanol–water partition coefficient (Wildman–Crippen LogP) is 3.84. The normalized spacial score (nSPS) is 10.4. The number of hydrogen-bond donors (Lipinski definition) is 1. The van der Waals surface area contributed by atoms with Crippen molar-refractivity contribution in [2.45, 2.75) is 6.54 Å². The summed E-state index contributed by atoms with van der Waals surface area (Å²) < 4.78 is 1.75. The van der Waals surface area contributed by atoms with Gasteiger partial charge in [0.1, 0.15) is 5.82 Å². The van der Waals surface area contributed by atoms with Gasteiger partial charge in [-0.1, -0.05) is 41.9 Å². The molecule has 4 nitrogen and oxygen atoms in total. The van der Waals surface area contributed by atoms with Gasteiger partial charge in [0.05, 0.1) is 12.7 Å². The first kappa shape index (κ1) is 14.4. The number of nitrogens with one attached hydrogen (secondary N) is 1. The first-order valence-electron chi connectivity index (χ1n) is 6.85. The highest BCUT2D eigenvalue weighted by Crippen LogP contribution is 2.14. The number of halogens is 1. The summed E-state index contributed by atoms with van der Waals surface area (Å²) in [6.45, 7) is 0.601. The van der Waals surface area contributed by atoms with E-state index >= 15 is 0 Å². The lowest BCUT2D eigenvalue weighted by atomic mass is 10.2. The van der Waals surface area contributed by atoms with Crippen LogP contribution in [0.25, 0.3) is 0 Å². The molecule has 0 saturated carbocycles. The lowest BCUT2D eigenvalue weighted by Gasteiger charge is -2.09. The van der Waals surface area contributed by atoms with Gasteiger partial charge in [-0.25, -0.2) is 4.68 Å². The molecule has 1 aromatic heterocycles. The van der Waals surface area contributed by atoms with E-state index in [1.165, 1.54) is 0 Å². The van der Waals surface area contributed by atoms with E-state index in [1.807, 2.05) is 30.3 Å². The molecule has 0 atom stereocenters. The number of carbonyl (C=O) groups excluding carboxylic acids is 1. The monoisotopic (exact) mass is 311 g/mol. The van der Waals surface area contributed by atoms with E-state index in [-0.39, 0.29) is 5.91 Å². The molecule has 0 saturated heterocycles. The third-order valence-electron chi connectivity index (χ3n) is 3.24. The summed E-state index contributed by atoms with van der Waals surface area (Å²) in [4.78, 5) is 12.2. The van der Waals surface area contributed by atoms with E-state index in [9.17, 15) is 4.79 Å². The fraction of sp³-hybridized carbons (Fsp3) is 0.0588. The van der Waals surface area contributed by atoms with Crippen LogP contribution in [0.2, 0.25) is 5.02 Å². The quantitative estimate of drug-likeness (QED) is 0.796. The van der Waals surface area contributed by atoms with Crippen LogP contribution in [0.4, 0.5) is 5.82 Å². The molecule has 0 radical (unpaired) electrons. The van der Waals surface area contributed by atoms with Crippen molar-refractivity contribution in [3.63, 3.8) is 0 Å². The number of hydrogen-bond acceptors (Lipinski definition) is 2. The van der Waals surface area contributed by atoms with E-state index in [1.54, 1.807) is 41.2 Å². The number of nitrogens with zero attached hydrogens (tertiary/aromatic N) is 2. The Morgan fingerprint density at radius 1 is 1.05 bits per heavy atom. The van der Waals surface area contributed by atoms with Crippen LogP contribution in [0, 0.1) is 0 Å². The second-order valence-corrected chi connectivity index (χ2v) is 5.26. The maximum atomic E-state index is 12.2. The van der Waals surface area contributed by atoms with Gasteiger partial charge in [-0.2, -0.15) is 5.10 Å². The van der Waals surface area contributed by atoms with Gasteiger partial charge in [-0.3, -0.25) is 4.79 Å². The maximum absolute atomic E-state index is 12.2. The number of aromatic nitrogens is 2. The first-order valence-corrected chi connectivity index (χ1v) is 7.23. The Balaban J connectivity index is 1.75. The van der Waals surface area contributed by atoms with Gasteiger partial charge < -0.3 is 5.32 Å². The molecule has 0 unspecified atom stereocenters. The Kier molecular flexibility index (Phi) is 4.21. The van der Waals surface area contributed by atoms with E-state index in [0.29, 0.717) is 22.9 Å². The standard InChI is InChI=1S/C17H14ClN3O/c18-15-8-6-14(7-9-15)17(22)20-16-10-11-19-21(16)12-13-4-2-1-3-5-13/h1-11H,12H2,(H,20,22). The zero-order chi connectivity index (χ0) is 15.4. The zero-order valence-electron chi connectivity index (χ0n) is 11.7. The molecule has 5 heteroatoms. The SMILES string of the molecule is O=C(Nc1ccnn1Cc1ccccc1)c1ccc(Cl)cc1. The molecule has 1 N–H and O–H groups in total. The van der Waals surface area contributed by atoms with Gasteiger partial charge in [0.25, 0.3) is 5.91 Å². The summed E-state index contributed by atoms with van der Waals surface area (Å²) in [5.74, 6) is 0.468. The molecule has 0 fully saturated rings. The van der Waals surface area contributed by atoms with Gasteiger partial charge in [-0.05, 0) is 29.8 Å². The largest absolute Gasteiger partial charge is 0.307 e. The molecule has 22 heavy (non-hydrogen) atoms. The van der Waals surface area contributed by atoms with Crippen LogP contribution in [0.15, 0.2) is 66.9 Å². The minimum atomic E-state index is -0.188. The highest BCUT2D eigenvalue weighted by molar-refractivity contribution is 6.30. The lowest BCUT2D eigenvalue weighted by molar-refractivity contribution is 0.102. The van der Waals surface area contributed by atoms with E-state index < -0.39 is 0 Å². The molecule has 1 amide bonds. The van der Waals surface area contributed by atoms with Gasteiger partial charge >= 0.3 is 0 Å². The third kappa shape index (κ3) is 3.35. The van der Waals surface area contributed by atoms with Crippen molar-refractivity contribution in [3.05, 3.63) is 83.0 Å². The second-order valence-electron chi connectivity index (χ2n) is 4.82. The first-order chi connectivity index (χ1) is 10.7. The van der Waals surface area contributed by atoms with E-state index in [4.69, 9.17) is 11.6 Å². The molecule has 2 aromatic carbocycles. The molecule has 1 heterocycles. The number of anilines is 1. The summed E-state index contributed by atoms with van der Waals surface area (Å²) in [7, 11) is 0. The molecule has 3 aromatic rings. The van der Waals surface area contributed by atoms with Crippen LogP contribution >= 0.6 is 11.6 Å². The molecular formula is C17H14ClN3O. The van der Waals surface area contributed by atoms with E-state index in [2.05, 4.69) is 10.4 Å². The molecule has 0 aliphatic carbocycles. The smallest absolute Gasteiger partial charge is 0.256 e. The molecular weight excluding hydrogens is 298 g/mol. The Morgan fingerprint density at radius 2 is 1.77 bits per heavy atom. The summed E-state index contributed by atoms with van der Waals surface area (Å²) >= 11 is 5.83. The Morgan fingerprint density at radius 3 is 2.50 bits per heavy atom. The van der Waals surface area contributed by atoms with Crippen LogP contribution in [0.5, 0.6) is 0 Å². The number of carbonyl (C=O) groups is 1. The molecule has 3 rings (SSSR count). The number of rotatable bonds is 4. The highest BCUT2D eigenvalue weighted by Gasteiger charge is 2.09. The fourth-order valence-corrected chi connectivity index (χ4v) is 2.24. The van der Waals surface area contributed by atoms with Gasteiger partial charge in [0, 0.05) is 16.7 Å². The number of benzene rings is 2. The van der Waals surface area contributed by atoms with Crippen molar-refractivity contribution in [2.24, 2.45) is 0 Å². The lowest BCUT2D eigenvalue weighted by Crippen LogP contribution is -2.16. The van der Waals surface area contributed by atoms with Crippen molar-refractivity contribution >= 4 is 23.3 Å². The Hall–Kier alpha value is -2.59. The number of amides is 1. The van der Waals surface area contributed by atoms with Crippen molar-refractivity contribution < 1.29 is 4.79 Å². The Bertz CT molecular complexity index is 766. The summed E-state index contributed by atoms with van der Waals surface area (Å²) in [5, 5.41) is 7.72. The topological polar surface area (TPSA) is 46.9 Å². The van der Waals surface area contributed by atoms with Crippen molar-refractivity contribution in [2.75, 3.05) is 5.32 Å². The van der Waals surface area contributed by atoms with Crippen molar-refractivity contribution in [1.29, 1.82) is 0 Å². The average Bonchev–Trinajstić information content (AvgIpc) is 2.96. The summed E-state index contributed by atoms with van der Waals surface area (Å²) in [5.41, 5.74) is 1.67. The molecule has 0 bridgehead atoms. The predicted molar refractivity (Wildman–Crippen MR) is 87.2 cm³/mol. The summed E-state index contributed by atoms with van der Waals surface area (Å²) in [6, 6.07) is 18.5. The van der Waals surface area contributed by atoms with Gasteiger partial charge in [0.15, 0.2) is 0 Å². The maximum Gasteiger partial charge on any atom is 0.256 e. The minimum absolute atomic E-state index is 0.188. The molecule has 0 aliphatic rings. The summed E-state index contributed by atoms with van der Waals surface area (Å²) in [6.07, 6.45) is 1.67. The van der Waals surface area contributed by atoms with Gasteiger partial charge in [0.2, 0.25) is 0 Å². The van der Waals surface area contributed by atoms with Crippen LogP contribution in [-0.4, -0.2) is 15.7 Å². The zero-order valence-corrected chi connectivity index (χ0v) is 12.5. The third-order valence-corrected chi connectivity index (χ3v) is 3.49. The van der Waals surface area contributed by atoms with Gasteiger partial charge in [-0.15, -0.1) is 0 Å².